The molecule has 24 heavy (non-hydrogen) atoms. The summed E-state index contributed by atoms with van der Waals surface area (Å²) in [7, 11) is 1.62. The zero-order valence-corrected chi connectivity index (χ0v) is 13.8. The van der Waals surface area contributed by atoms with Crippen LogP contribution in [0.25, 0.3) is 5.69 Å². The number of aromatic amines is 1. The fourth-order valence-corrected chi connectivity index (χ4v) is 2.65. The molecule has 8 nitrogen and oxygen atoms in total. The number of hydrogen-bond donors (Lipinski definition) is 2. The van der Waals surface area contributed by atoms with E-state index in [-0.39, 0.29) is 5.63 Å². The van der Waals surface area contributed by atoms with E-state index < -0.39 is 0 Å². The van der Waals surface area contributed by atoms with Crippen LogP contribution < -0.4 is 20.4 Å². The molecule has 130 valence electrons. The van der Waals surface area contributed by atoms with Crippen molar-refractivity contribution in [3.05, 3.63) is 40.4 Å². The molecule has 0 atom stereocenters. The van der Waals surface area contributed by atoms with E-state index in [1.807, 2.05) is 24.3 Å². The monoisotopic (exact) mass is 335 g/mol. The first-order chi connectivity index (χ1) is 11.8. The van der Waals surface area contributed by atoms with E-state index in [4.69, 9.17) is 14.0 Å². The molecule has 0 unspecified atom stereocenters. The molecule has 0 saturated carbocycles. The van der Waals surface area contributed by atoms with Crippen molar-refractivity contribution in [1.82, 2.24) is 15.5 Å². The van der Waals surface area contributed by atoms with E-state index in [0.29, 0.717) is 12.2 Å². The molecule has 2 N–H and O–H groups in total. The van der Waals surface area contributed by atoms with Crippen molar-refractivity contribution in [3.63, 3.8) is 0 Å². The number of H-pyrrole nitrogens is 1. The van der Waals surface area contributed by atoms with Crippen molar-refractivity contribution in [3.8, 4) is 11.4 Å². The topological polar surface area (TPSA) is 83.6 Å². The maximum absolute atomic E-state index is 11.9. The van der Waals surface area contributed by atoms with E-state index in [9.17, 15) is 4.79 Å². The molecule has 0 spiro atoms. The van der Waals surface area contributed by atoms with Crippen molar-refractivity contribution >= 4 is 0 Å². The SMILES string of the molecule is COc1ccc(-[n+]2[nH]oc(=O)c2CNCCN2CCOCC2)cc1. The summed E-state index contributed by atoms with van der Waals surface area (Å²) in [6.07, 6.45) is 0. The van der Waals surface area contributed by atoms with Crippen LogP contribution in [-0.4, -0.2) is 56.7 Å². The van der Waals surface area contributed by atoms with Gasteiger partial charge in [0.05, 0.1) is 26.9 Å². The number of aromatic nitrogens is 2. The molecule has 3 rings (SSSR count). The Morgan fingerprint density at radius 3 is 2.75 bits per heavy atom. The van der Waals surface area contributed by atoms with E-state index in [0.717, 1.165) is 50.8 Å². The molecule has 2 heterocycles. The Hall–Kier alpha value is -2.16. The van der Waals surface area contributed by atoms with Crippen LogP contribution in [0.15, 0.2) is 33.6 Å². The first kappa shape index (κ1) is 16.7. The number of nitrogens with one attached hydrogen (secondary N) is 2. The fourth-order valence-electron chi connectivity index (χ4n) is 2.65. The van der Waals surface area contributed by atoms with E-state index in [1.165, 1.54) is 0 Å². The Morgan fingerprint density at radius 1 is 1.29 bits per heavy atom. The highest BCUT2D eigenvalue weighted by molar-refractivity contribution is 5.31. The maximum Gasteiger partial charge on any atom is 0.431 e. The number of morpholine rings is 1. The van der Waals surface area contributed by atoms with Crippen LogP contribution in [0.1, 0.15) is 5.69 Å². The van der Waals surface area contributed by atoms with Gasteiger partial charge in [-0.2, -0.15) is 0 Å². The Morgan fingerprint density at radius 2 is 2.04 bits per heavy atom. The standard InChI is InChI=1S/C16H22N4O4/c1-22-14-4-2-13(3-5-14)20-15(16(21)24-18-20)12-17-6-7-19-8-10-23-11-9-19/h2-5,17H,6-12H2,1H3/p+1. The van der Waals surface area contributed by atoms with E-state index in [2.05, 4.69) is 15.5 Å². The number of benzene rings is 1. The lowest BCUT2D eigenvalue weighted by Crippen LogP contribution is -2.43. The van der Waals surface area contributed by atoms with Gasteiger partial charge in [0, 0.05) is 38.3 Å². The van der Waals surface area contributed by atoms with Crippen molar-refractivity contribution in [2.75, 3.05) is 46.5 Å². The molecule has 0 aliphatic carbocycles. The van der Waals surface area contributed by atoms with Crippen molar-refractivity contribution in [2.45, 2.75) is 6.54 Å². The van der Waals surface area contributed by atoms with Gasteiger partial charge in [-0.3, -0.25) is 9.42 Å². The minimum Gasteiger partial charge on any atom is -0.497 e. The third-order valence-corrected chi connectivity index (χ3v) is 4.07. The summed E-state index contributed by atoms with van der Waals surface area (Å²) in [5, 5.41) is 5.94. The summed E-state index contributed by atoms with van der Waals surface area (Å²) in [5.41, 5.74) is 0.971. The smallest absolute Gasteiger partial charge is 0.431 e. The summed E-state index contributed by atoms with van der Waals surface area (Å²) in [6, 6.07) is 7.40. The summed E-state index contributed by atoms with van der Waals surface area (Å²) >= 11 is 0. The molecule has 1 aliphatic heterocycles. The molecule has 1 saturated heterocycles. The van der Waals surface area contributed by atoms with Gasteiger partial charge >= 0.3 is 11.3 Å². The highest BCUT2D eigenvalue weighted by atomic mass is 16.5. The predicted octanol–water partition coefficient (Wildman–Crippen LogP) is -0.325. The second-order valence-electron chi connectivity index (χ2n) is 5.59. The van der Waals surface area contributed by atoms with Crippen LogP contribution in [-0.2, 0) is 11.3 Å². The minimum atomic E-state index is -0.371. The molecule has 2 aromatic rings. The highest BCUT2D eigenvalue weighted by Crippen LogP contribution is 2.10. The average molecular weight is 335 g/mol. The van der Waals surface area contributed by atoms with Gasteiger partial charge in [0.1, 0.15) is 5.75 Å². The van der Waals surface area contributed by atoms with Gasteiger partial charge in [-0.15, -0.1) is 0 Å². The van der Waals surface area contributed by atoms with Gasteiger partial charge < -0.3 is 14.8 Å². The van der Waals surface area contributed by atoms with Crippen LogP contribution in [0.5, 0.6) is 5.75 Å². The zero-order valence-electron chi connectivity index (χ0n) is 13.8. The Labute approximate surface area is 139 Å². The lowest BCUT2D eigenvalue weighted by atomic mass is 10.3. The average Bonchev–Trinajstić information content (AvgIpc) is 3.00. The zero-order chi connectivity index (χ0) is 16.8. The molecule has 1 aromatic carbocycles. The molecule has 8 heteroatoms. The molecule has 1 aromatic heterocycles. The minimum absolute atomic E-state index is 0.371. The van der Waals surface area contributed by atoms with Crippen molar-refractivity contribution in [1.29, 1.82) is 0 Å². The molecular formula is C16H23N4O4+. The summed E-state index contributed by atoms with van der Waals surface area (Å²) in [6.45, 7) is 5.66. The van der Waals surface area contributed by atoms with Crippen LogP contribution in [0, 0.1) is 0 Å². The molecule has 1 fully saturated rings. The Balaban J connectivity index is 1.59. The summed E-state index contributed by atoms with van der Waals surface area (Å²) in [5.74, 6) is 0.760. The molecule has 0 radical (unpaired) electrons. The number of hydrogen-bond acceptors (Lipinski definition) is 6. The fraction of sp³-hybridized carbons (Fsp3) is 0.500. The Bertz CT molecular complexity index is 689. The second kappa shape index (κ2) is 8.09. The third kappa shape index (κ3) is 4.02. The number of ether oxygens (including phenoxy) is 2. The second-order valence-corrected chi connectivity index (χ2v) is 5.59. The van der Waals surface area contributed by atoms with Gasteiger partial charge in [-0.1, -0.05) is 0 Å². The summed E-state index contributed by atoms with van der Waals surface area (Å²) in [4.78, 5) is 14.3. The van der Waals surface area contributed by atoms with Crippen molar-refractivity contribution < 1.29 is 18.7 Å². The lowest BCUT2D eigenvalue weighted by molar-refractivity contribution is -0.677. The number of rotatable bonds is 7. The van der Waals surface area contributed by atoms with Crippen LogP contribution >= 0.6 is 0 Å². The van der Waals surface area contributed by atoms with Crippen LogP contribution in [0.4, 0.5) is 0 Å². The highest BCUT2D eigenvalue weighted by Gasteiger charge is 2.22. The van der Waals surface area contributed by atoms with Crippen molar-refractivity contribution in [2.24, 2.45) is 0 Å². The summed E-state index contributed by atoms with van der Waals surface area (Å²) < 4.78 is 17.1. The van der Waals surface area contributed by atoms with Crippen LogP contribution in [0.3, 0.4) is 0 Å². The van der Waals surface area contributed by atoms with Crippen LogP contribution in [0.2, 0.25) is 0 Å². The largest absolute Gasteiger partial charge is 0.497 e. The van der Waals surface area contributed by atoms with Gasteiger partial charge in [0.15, 0.2) is 0 Å². The van der Waals surface area contributed by atoms with E-state index >= 15 is 0 Å². The van der Waals surface area contributed by atoms with Gasteiger partial charge in [-0.05, 0) is 22.1 Å². The van der Waals surface area contributed by atoms with Gasteiger partial charge in [-0.25, -0.2) is 4.79 Å². The quantitative estimate of drug-likeness (QED) is 0.533. The Kier molecular flexibility index (Phi) is 5.63. The third-order valence-electron chi connectivity index (χ3n) is 4.07. The lowest BCUT2D eigenvalue weighted by Gasteiger charge is -2.26. The molecule has 1 aliphatic rings. The maximum atomic E-state index is 11.9. The molecule has 0 bridgehead atoms. The predicted molar refractivity (Wildman–Crippen MR) is 86.4 cm³/mol. The normalized spacial score (nSPS) is 15.5. The molecular weight excluding hydrogens is 312 g/mol. The number of methoxy groups -OCH3 is 1. The first-order valence-electron chi connectivity index (χ1n) is 8.05. The van der Waals surface area contributed by atoms with Gasteiger partial charge in [0.2, 0.25) is 5.69 Å². The molecule has 0 amide bonds. The first-order valence-corrected chi connectivity index (χ1v) is 8.05. The number of nitrogens with zero attached hydrogens (tertiary/aromatic N) is 2. The van der Waals surface area contributed by atoms with E-state index in [1.54, 1.807) is 11.8 Å². The van der Waals surface area contributed by atoms with Gasteiger partial charge in [0.25, 0.3) is 0 Å².